The lowest BCUT2D eigenvalue weighted by Gasteiger charge is -2.30. The highest BCUT2D eigenvalue weighted by Crippen LogP contribution is 2.30. The van der Waals surface area contributed by atoms with E-state index in [-0.39, 0.29) is 0 Å². The highest BCUT2D eigenvalue weighted by atomic mass is 35.5. The fourth-order valence-corrected chi connectivity index (χ4v) is 5.57. The van der Waals surface area contributed by atoms with Gasteiger partial charge in [-0.25, -0.2) is 9.97 Å². The van der Waals surface area contributed by atoms with Crippen LogP contribution in [0, 0.1) is 5.92 Å². The zero-order chi connectivity index (χ0) is 23.9. The molecule has 7 nitrogen and oxygen atoms in total. The molecule has 5 rings (SSSR count). The van der Waals surface area contributed by atoms with Crippen molar-refractivity contribution in [2.24, 2.45) is 5.92 Å². The van der Waals surface area contributed by atoms with Crippen molar-refractivity contribution in [3.63, 3.8) is 0 Å². The molecule has 0 bridgehead atoms. The number of halogens is 1. The molecule has 1 aliphatic carbocycles. The molecule has 4 heterocycles. The van der Waals surface area contributed by atoms with Crippen LogP contribution < -0.4 is 16.0 Å². The van der Waals surface area contributed by atoms with Gasteiger partial charge in [-0.1, -0.05) is 17.7 Å². The molecule has 2 aromatic heterocycles. The Bertz CT molecular complexity index is 941. The van der Waals surface area contributed by atoms with Crippen LogP contribution in [-0.2, 0) is 9.47 Å². The van der Waals surface area contributed by atoms with Gasteiger partial charge in [0.05, 0.1) is 23.4 Å². The van der Waals surface area contributed by atoms with Gasteiger partial charge in [-0.3, -0.25) is 0 Å². The topological polar surface area (TPSA) is 80.3 Å². The maximum absolute atomic E-state index is 6.55. The zero-order valence-electron chi connectivity index (χ0n) is 20.5. The second-order valence-electron chi connectivity index (χ2n) is 10.2. The van der Waals surface area contributed by atoms with Crippen LogP contribution in [0.3, 0.4) is 0 Å². The summed E-state index contributed by atoms with van der Waals surface area (Å²) in [7, 11) is 0. The number of hydrogen-bond acceptors (Lipinski definition) is 7. The SMILES string of the molecule is Clc1cnc(NC2CCC(NC[C@H]3CCCO3)CC2)cc1-c1cccc(NCC2CCCOC2)n1. The Morgan fingerprint density at radius 2 is 1.80 bits per heavy atom. The van der Waals surface area contributed by atoms with E-state index in [0.717, 1.165) is 75.1 Å². The Balaban J connectivity index is 1.15. The van der Waals surface area contributed by atoms with Crippen molar-refractivity contribution in [1.29, 1.82) is 0 Å². The molecule has 0 radical (unpaired) electrons. The Labute approximate surface area is 213 Å². The fraction of sp³-hybridized carbons (Fsp3) is 0.630. The standard InChI is InChI=1S/C27H38ClN5O2/c28-24-17-31-27(32-21-10-8-20(9-11-21)29-16-22-5-3-13-35-22)14-23(24)25-6-1-7-26(33-25)30-15-19-4-2-12-34-18-19/h1,6-7,14,17,19-22,29H,2-5,8-13,15-16,18H2,(H,30,33)(H,31,32)/t19?,20?,21?,22-/m1/s1. The molecule has 3 N–H and O–H groups in total. The lowest BCUT2D eigenvalue weighted by Crippen LogP contribution is -2.40. The molecule has 2 aliphatic heterocycles. The maximum atomic E-state index is 6.55. The summed E-state index contributed by atoms with van der Waals surface area (Å²) < 4.78 is 11.3. The van der Waals surface area contributed by atoms with Gasteiger partial charge in [-0.05, 0) is 75.5 Å². The first kappa shape index (κ1) is 24.8. The normalized spacial score (nSPS) is 27.0. The highest BCUT2D eigenvalue weighted by Gasteiger charge is 2.23. The molecule has 3 fully saturated rings. The third-order valence-corrected chi connectivity index (χ3v) is 7.75. The smallest absolute Gasteiger partial charge is 0.126 e. The molecule has 3 aliphatic rings. The van der Waals surface area contributed by atoms with Gasteiger partial charge >= 0.3 is 0 Å². The summed E-state index contributed by atoms with van der Waals surface area (Å²) in [5, 5.41) is 11.4. The van der Waals surface area contributed by atoms with Gasteiger partial charge in [0.25, 0.3) is 0 Å². The number of ether oxygens (including phenoxy) is 2. The van der Waals surface area contributed by atoms with E-state index in [9.17, 15) is 0 Å². The van der Waals surface area contributed by atoms with Crippen LogP contribution in [0.25, 0.3) is 11.3 Å². The molecule has 0 aromatic carbocycles. The Morgan fingerprint density at radius 3 is 2.60 bits per heavy atom. The van der Waals surface area contributed by atoms with E-state index in [1.807, 2.05) is 24.3 Å². The summed E-state index contributed by atoms with van der Waals surface area (Å²) in [5.74, 6) is 2.26. The van der Waals surface area contributed by atoms with Gasteiger partial charge in [-0.15, -0.1) is 0 Å². The summed E-state index contributed by atoms with van der Waals surface area (Å²) in [6.07, 6.45) is 11.5. The second kappa shape index (κ2) is 12.3. The van der Waals surface area contributed by atoms with Crippen molar-refractivity contribution in [3.05, 3.63) is 35.5 Å². The Kier molecular flexibility index (Phi) is 8.73. The molecule has 0 amide bonds. The van der Waals surface area contributed by atoms with Crippen LogP contribution >= 0.6 is 11.6 Å². The van der Waals surface area contributed by atoms with Gasteiger partial charge in [0.1, 0.15) is 11.6 Å². The van der Waals surface area contributed by atoms with E-state index in [1.165, 1.54) is 32.1 Å². The Hall–Kier alpha value is -1.93. The number of rotatable bonds is 9. The summed E-state index contributed by atoms with van der Waals surface area (Å²) in [6, 6.07) is 9.08. The number of nitrogens with one attached hydrogen (secondary N) is 3. The van der Waals surface area contributed by atoms with E-state index >= 15 is 0 Å². The lowest BCUT2D eigenvalue weighted by atomic mass is 9.91. The average molecular weight is 500 g/mol. The van der Waals surface area contributed by atoms with E-state index in [2.05, 4.69) is 20.9 Å². The number of pyridine rings is 2. The molecule has 35 heavy (non-hydrogen) atoms. The molecule has 190 valence electrons. The minimum atomic E-state index is 0.408. The van der Waals surface area contributed by atoms with Crippen LogP contribution in [-0.4, -0.2) is 61.1 Å². The number of nitrogens with zero attached hydrogens (tertiary/aromatic N) is 2. The summed E-state index contributed by atoms with van der Waals surface area (Å²) in [5.41, 5.74) is 1.76. The van der Waals surface area contributed by atoms with E-state index < -0.39 is 0 Å². The highest BCUT2D eigenvalue weighted by molar-refractivity contribution is 6.33. The van der Waals surface area contributed by atoms with Crippen molar-refractivity contribution in [2.45, 2.75) is 69.6 Å². The molecule has 2 atom stereocenters. The van der Waals surface area contributed by atoms with Gasteiger partial charge < -0.3 is 25.4 Å². The molecule has 8 heteroatoms. The molecule has 1 unspecified atom stereocenters. The molecule has 0 spiro atoms. The first-order chi connectivity index (χ1) is 17.2. The molecule has 1 saturated carbocycles. The van der Waals surface area contributed by atoms with Crippen molar-refractivity contribution in [2.75, 3.05) is 43.5 Å². The summed E-state index contributed by atoms with van der Waals surface area (Å²) >= 11 is 6.55. The summed E-state index contributed by atoms with van der Waals surface area (Å²) in [4.78, 5) is 9.38. The van der Waals surface area contributed by atoms with E-state index in [1.54, 1.807) is 6.20 Å². The Morgan fingerprint density at radius 1 is 0.943 bits per heavy atom. The van der Waals surface area contributed by atoms with Crippen LogP contribution in [0.4, 0.5) is 11.6 Å². The van der Waals surface area contributed by atoms with Gasteiger partial charge in [-0.2, -0.15) is 0 Å². The summed E-state index contributed by atoms with van der Waals surface area (Å²) in [6.45, 7) is 4.49. The van der Waals surface area contributed by atoms with Crippen molar-refractivity contribution in [1.82, 2.24) is 15.3 Å². The molecular weight excluding hydrogens is 462 g/mol. The average Bonchev–Trinajstić information content (AvgIpc) is 3.43. The van der Waals surface area contributed by atoms with E-state index in [0.29, 0.717) is 29.1 Å². The predicted molar refractivity (Wildman–Crippen MR) is 141 cm³/mol. The fourth-order valence-electron chi connectivity index (χ4n) is 5.37. The quantitative estimate of drug-likeness (QED) is 0.441. The largest absolute Gasteiger partial charge is 0.381 e. The van der Waals surface area contributed by atoms with Crippen molar-refractivity contribution in [3.8, 4) is 11.3 Å². The zero-order valence-corrected chi connectivity index (χ0v) is 21.2. The minimum absolute atomic E-state index is 0.408. The molecular formula is C27H38ClN5O2. The van der Waals surface area contributed by atoms with Gasteiger partial charge in [0, 0.05) is 50.1 Å². The number of aromatic nitrogens is 2. The molecule has 2 saturated heterocycles. The molecule has 2 aromatic rings. The monoisotopic (exact) mass is 499 g/mol. The first-order valence-electron chi connectivity index (χ1n) is 13.3. The van der Waals surface area contributed by atoms with E-state index in [4.69, 9.17) is 26.1 Å². The van der Waals surface area contributed by atoms with Crippen molar-refractivity contribution < 1.29 is 9.47 Å². The van der Waals surface area contributed by atoms with Gasteiger partial charge in [0.2, 0.25) is 0 Å². The lowest BCUT2D eigenvalue weighted by molar-refractivity contribution is 0.0595. The van der Waals surface area contributed by atoms with Crippen LogP contribution in [0.1, 0.15) is 51.4 Å². The predicted octanol–water partition coefficient (Wildman–Crippen LogP) is 5.13. The third kappa shape index (κ3) is 7.06. The van der Waals surface area contributed by atoms with Crippen molar-refractivity contribution >= 4 is 23.2 Å². The van der Waals surface area contributed by atoms with Crippen LogP contribution in [0.15, 0.2) is 30.5 Å². The minimum Gasteiger partial charge on any atom is -0.381 e. The van der Waals surface area contributed by atoms with Crippen LogP contribution in [0.5, 0.6) is 0 Å². The first-order valence-corrected chi connectivity index (χ1v) is 13.7. The maximum Gasteiger partial charge on any atom is 0.126 e. The number of anilines is 2. The number of hydrogen-bond donors (Lipinski definition) is 3. The third-order valence-electron chi connectivity index (χ3n) is 7.44. The van der Waals surface area contributed by atoms with Gasteiger partial charge in [0.15, 0.2) is 0 Å². The second-order valence-corrected chi connectivity index (χ2v) is 10.6. The van der Waals surface area contributed by atoms with Crippen LogP contribution in [0.2, 0.25) is 5.02 Å².